The van der Waals surface area contributed by atoms with Gasteiger partial charge in [-0.2, -0.15) is 0 Å². The molecule has 0 radical (unpaired) electrons. The van der Waals surface area contributed by atoms with Gasteiger partial charge < -0.3 is 20.5 Å². The number of carbonyl (C=O) groups excluding carboxylic acids is 1. The number of nitrogens with zero attached hydrogens (tertiary/aromatic N) is 1. The van der Waals surface area contributed by atoms with Crippen molar-refractivity contribution in [3.8, 4) is 0 Å². The molecule has 0 aliphatic heterocycles. The van der Waals surface area contributed by atoms with Crippen molar-refractivity contribution in [2.45, 2.75) is 31.3 Å². The van der Waals surface area contributed by atoms with Gasteiger partial charge in [-0.3, -0.25) is 10.1 Å². The minimum atomic E-state index is -0.760. The summed E-state index contributed by atoms with van der Waals surface area (Å²) in [5.74, 6) is -0.242. The van der Waals surface area contributed by atoms with E-state index < -0.39 is 23.6 Å². The van der Waals surface area contributed by atoms with Gasteiger partial charge in [0.05, 0.1) is 11.1 Å². The number of nitrogens with one attached hydrogen (secondary N) is 3. The minimum Gasteiger partial charge on any atom is -0.481 e. The Morgan fingerprint density at radius 3 is 2.46 bits per heavy atom. The van der Waals surface area contributed by atoms with Crippen LogP contribution >= 0.6 is 11.6 Å². The number of carboxylic acid groups (broad SMARTS) is 1. The maximum Gasteiger partial charge on any atom is 0.412 e. The number of hydrogen-bond donors (Lipinski definition) is 4. The first-order chi connectivity index (χ1) is 16.9. The first kappa shape index (κ1) is 24.3. The zero-order valence-corrected chi connectivity index (χ0v) is 20.0. The fourth-order valence-electron chi connectivity index (χ4n) is 3.86. The van der Waals surface area contributed by atoms with Crippen molar-refractivity contribution in [1.82, 2.24) is 4.98 Å². The number of anilines is 3. The average Bonchev–Trinajstić information content (AvgIpc) is 3.66. The van der Waals surface area contributed by atoms with Crippen LogP contribution in [-0.4, -0.2) is 35.2 Å². The van der Waals surface area contributed by atoms with Gasteiger partial charge in [-0.05, 0) is 55.7 Å². The van der Waals surface area contributed by atoms with Gasteiger partial charge in [-0.1, -0.05) is 41.9 Å². The highest BCUT2D eigenvalue weighted by molar-refractivity contribution is 6.31. The first-order valence-electron chi connectivity index (χ1n) is 11.4. The summed E-state index contributed by atoms with van der Waals surface area (Å²) in [6.07, 6.45) is 1.88. The number of ether oxygens (including phenoxy) is 1. The lowest BCUT2D eigenvalue weighted by Gasteiger charge is -2.17. The van der Waals surface area contributed by atoms with E-state index >= 15 is 0 Å². The van der Waals surface area contributed by atoms with Gasteiger partial charge in [-0.15, -0.1) is 0 Å². The third kappa shape index (κ3) is 5.84. The molecule has 1 amide bonds. The van der Waals surface area contributed by atoms with Crippen LogP contribution in [0.3, 0.4) is 0 Å². The summed E-state index contributed by atoms with van der Waals surface area (Å²) in [5.41, 5.74) is 2.26. The fourth-order valence-corrected chi connectivity index (χ4v) is 4.15. The smallest absolute Gasteiger partial charge is 0.412 e. The summed E-state index contributed by atoms with van der Waals surface area (Å²) < 4.78 is 5.47. The number of amides is 1. The Kier molecular flexibility index (Phi) is 7.41. The molecule has 3 aromatic rings. The Hall–Kier alpha value is -3.78. The predicted octanol–water partition coefficient (Wildman–Crippen LogP) is 5.68. The van der Waals surface area contributed by atoms with Crippen molar-refractivity contribution >= 4 is 40.9 Å². The average molecular weight is 495 g/mol. The molecule has 2 aromatic carbocycles. The zero-order chi connectivity index (χ0) is 24.8. The molecule has 1 heterocycles. The number of hydrogen-bond acceptors (Lipinski definition) is 6. The Balaban J connectivity index is 1.27. The van der Waals surface area contributed by atoms with E-state index in [1.807, 2.05) is 42.5 Å². The van der Waals surface area contributed by atoms with Gasteiger partial charge in [0.2, 0.25) is 0 Å². The second-order valence-electron chi connectivity index (χ2n) is 8.41. The molecule has 1 aromatic heterocycles. The Bertz CT molecular complexity index is 1200. The van der Waals surface area contributed by atoms with Crippen LogP contribution in [0.4, 0.5) is 22.0 Å². The van der Waals surface area contributed by atoms with E-state index in [4.69, 9.17) is 16.3 Å². The van der Waals surface area contributed by atoms with Crippen LogP contribution in [-0.2, 0) is 14.9 Å². The molecule has 0 bridgehead atoms. The summed E-state index contributed by atoms with van der Waals surface area (Å²) in [6.45, 7) is 2.89. The van der Waals surface area contributed by atoms with Gasteiger partial charge >= 0.3 is 12.1 Å². The fraction of sp³-hybridized carbons (Fsp3) is 0.269. The molecule has 35 heavy (non-hydrogen) atoms. The first-order valence-corrected chi connectivity index (χ1v) is 11.8. The highest BCUT2D eigenvalue weighted by atomic mass is 35.5. The molecule has 9 heteroatoms. The molecular formula is C26H27ClN4O4. The van der Waals surface area contributed by atoms with Crippen molar-refractivity contribution < 1.29 is 19.4 Å². The largest absolute Gasteiger partial charge is 0.481 e. The molecule has 1 atom stereocenters. The van der Waals surface area contributed by atoms with Crippen LogP contribution in [0.1, 0.15) is 37.0 Å². The van der Waals surface area contributed by atoms with Crippen molar-refractivity contribution in [2.24, 2.45) is 0 Å². The molecule has 1 aliphatic carbocycles. The van der Waals surface area contributed by atoms with Crippen molar-refractivity contribution in [2.75, 3.05) is 29.0 Å². The SMILES string of the molecule is CC(OC(=O)Nc1cccnc1NCCNc1ccc(C2(C(=O)O)CC2)cc1)c1ccccc1Cl. The number of carboxylic acids is 1. The molecule has 1 unspecified atom stereocenters. The van der Waals surface area contributed by atoms with Crippen molar-refractivity contribution in [3.05, 3.63) is 83.0 Å². The van der Waals surface area contributed by atoms with Crippen molar-refractivity contribution in [3.63, 3.8) is 0 Å². The lowest BCUT2D eigenvalue weighted by atomic mass is 9.96. The van der Waals surface area contributed by atoms with Crippen LogP contribution in [0.15, 0.2) is 66.9 Å². The van der Waals surface area contributed by atoms with Gasteiger partial charge in [0.25, 0.3) is 0 Å². The maximum atomic E-state index is 12.4. The highest BCUT2D eigenvalue weighted by Gasteiger charge is 2.51. The van der Waals surface area contributed by atoms with E-state index in [-0.39, 0.29) is 0 Å². The molecule has 0 saturated heterocycles. The Morgan fingerprint density at radius 2 is 1.77 bits per heavy atom. The van der Waals surface area contributed by atoms with E-state index in [2.05, 4.69) is 20.9 Å². The van der Waals surface area contributed by atoms with E-state index in [1.54, 1.807) is 31.3 Å². The van der Waals surface area contributed by atoms with Crippen LogP contribution in [0.2, 0.25) is 5.02 Å². The molecule has 8 nitrogen and oxygen atoms in total. The number of aromatic nitrogens is 1. The number of rotatable bonds is 10. The molecule has 4 N–H and O–H groups in total. The van der Waals surface area contributed by atoms with Gasteiger partial charge in [0.15, 0.2) is 0 Å². The molecule has 1 saturated carbocycles. The number of benzene rings is 2. The number of pyridine rings is 1. The van der Waals surface area contributed by atoms with Gasteiger partial charge in [-0.25, -0.2) is 9.78 Å². The molecule has 1 aliphatic rings. The van der Waals surface area contributed by atoms with E-state index in [1.165, 1.54) is 0 Å². The summed E-state index contributed by atoms with van der Waals surface area (Å²) in [4.78, 5) is 28.2. The van der Waals surface area contributed by atoms with E-state index in [9.17, 15) is 14.7 Å². The van der Waals surface area contributed by atoms with Crippen LogP contribution in [0.25, 0.3) is 0 Å². The quantitative estimate of drug-likeness (QED) is 0.268. The third-order valence-electron chi connectivity index (χ3n) is 6.01. The highest BCUT2D eigenvalue weighted by Crippen LogP contribution is 2.48. The van der Waals surface area contributed by atoms with Crippen LogP contribution < -0.4 is 16.0 Å². The third-order valence-corrected chi connectivity index (χ3v) is 6.36. The monoisotopic (exact) mass is 494 g/mol. The topological polar surface area (TPSA) is 113 Å². The molecular weight excluding hydrogens is 468 g/mol. The number of aliphatic carboxylic acids is 1. The normalized spacial score (nSPS) is 14.5. The summed E-state index contributed by atoms with van der Waals surface area (Å²) in [6, 6.07) is 18.2. The maximum absolute atomic E-state index is 12.4. The second-order valence-corrected chi connectivity index (χ2v) is 8.82. The minimum absolute atomic E-state index is 0.497. The second kappa shape index (κ2) is 10.7. The van der Waals surface area contributed by atoms with Crippen molar-refractivity contribution in [1.29, 1.82) is 0 Å². The van der Waals surface area contributed by atoms with Gasteiger partial charge in [0.1, 0.15) is 11.9 Å². The Labute approximate surface area is 208 Å². The molecule has 182 valence electrons. The van der Waals surface area contributed by atoms with E-state index in [0.29, 0.717) is 42.5 Å². The van der Waals surface area contributed by atoms with Gasteiger partial charge in [0, 0.05) is 35.6 Å². The molecule has 1 fully saturated rings. The lowest BCUT2D eigenvalue weighted by molar-refractivity contribution is -0.140. The summed E-state index contributed by atoms with van der Waals surface area (Å²) in [5, 5.41) is 19.2. The lowest BCUT2D eigenvalue weighted by Crippen LogP contribution is -2.20. The number of halogens is 1. The van der Waals surface area contributed by atoms with Crippen LogP contribution in [0, 0.1) is 0 Å². The Morgan fingerprint density at radius 1 is 1.06 bits per heavy atom. The zero-order valence-electron chi connectivity index (χ0n) is 19.3. The number of carbonyl (C=O) groups is 2. The summed E-state index contributed by atoms with van der Waals surface area (Å²) in [7, 11) is 0. The standard InChI is InChI=1S/C26H27ClN4O4/c1-17(20-5-2-3-6-21(20)27)35-25(34)31-22-7-4-14-29-23(22)30-16-15-28-19-10-8-18(9-11-19)26(12-13-26)24(32)33/h2-11,14,17,28H,12-13,15-16H2,1H3,(H,29,30)(H,31,34)(H,32,33). The van der Waals surface area contributed by atoms with Crippen LogP contribution in [0.5, 0.6) is 0 Å². The summed E-state index contributed by atoms with van der Waals surface area (Å²) >= 11 is 6.18. The molecule has 0 spiro atoms. The predicted molar refractivity (Wildman–Crippen MR) is 136 cm³/mol. The molecule has 4 rings (SSSR count). The van der Waals surface area contributed by atoms with E-state index in [0.717, 1.165) is 16.8 Å².